The maximum absolute atomic E-state index is 13.1. The van der Waals surface area contributed by atoms with Crippen LogP contribution in [-0.4, -0.2) is 21.9 Å². The SMILES string of the molecule is CN(Cc1cccc(F)c1)Cc1nc2ccccc2[nH]1. The molecular weight excluding hydrogens is 253 g/mol. The van der Waals surface area contributed by atoms with E-state index in [2.05, 4.69) is 14.9 Å². The van der Waals surface area contributed by atoms with E-state index in [9.17, 15) is 4.39 Å². The van der Waals surface area contributed by atoms with E-state index in [4.69, 9.17) is 0 Å². The Morgan fingerprint density at radius 1 is 1.10 bits per heavy atom. The standard InChI is InChI=1S/C16H16FN3/c1-20(10-12-5-4-6-13(17)9-12)11-16-18-14-7-2-3-8-15(14)19-16/h2-9H,10-11H2,1H3,(H,18,19). The van der Waals surface area contributed by atoms with Crippen molar-refractivity contribution < 1.29 is 4.39 Å². The minimum atomic E-state index is -0.195. The van der Waals surface area contributed by atoms with Gasteiger partial charge in [-0.3, -0.25) is 4.90 Å². The first kappa shape index (κ1) is 12.8. The fourth-order valence-corrected chi connectivity index (χ4v) is 2.34. The molecule has 0 atom stereocenters. The van der Waals surface area contributed by atoms with Crippen molar-refractivity contribution in [1.29, 1.82) is 0 Å². The molecule has 3 rings (SSSR count). The van der Waals surface area contributed by atoms with E-state index in [0.717, 1.165) is 22.4 Å². The van der Waals surface area contributed by atoms with Crippen molar-refractivity contribution in [2.45, 2.75) is 13.1 Å². The van der Waals surface area contributed by atoms with Crippen molar-refractivity contribution in [3.05, 3.63) is 65.7 Å². The van der Waals surface area contributed by atoms with Crippen LogP contribution in [0, 0.1) is 5.82 Å². The van der Waals surface area contributed by atoms with Gasteiger partial charge in [-0.15, -0.1) is 0 Å². The molecule has 0 radical (unpaired) electrons. The highest BCUT2D eigenvalue weighted by Gasteiger charge is 2.06. The lowest BCUT2D eigenvalue weighted by molar-refractivity contribution is 0.311. The highest BCUT2D eigenvalue weighted by molar-refractivity contribution is 5.74. The Morgan fingerprint density at radius 2 is 1.95 bits per heavy atom. The third kappa shape index (κ3) is 2.86. The second-order valence-corrected chi connectivity index (χ2v) is 5.00. The Labute approximate surface area is 117 Å². The van der Waals surface area contributed by atoms with Crippen LogP contribution in [0.5, 0.6) is 0 Å². The normalized spacial score (nSPS) is 11.3. The Morgan fingerprint density at radius 3 is 2.75 bits per heavy atom. The number of hydrogen-bond donors (Lipinski definition) is 1. The highest BCUT2D eigenvalue weighted by atomic mass is 19.1. The summed E-state index contributed by atoms with van der Waals surface area (Å²) in [7, 11) is 2.00. The number of hydrogen-bond acceptors (Lipinski definition) is 2. The van der Waals surface area contributed by atoms with Crippen LogP contribution in [0.1, 0.15) is 11.4 Å². The number of fused-ring (bicyclic) bond motifs is 1. The quantitative estimate of drug-likeness (QED) is 0.787. The van der Waals surface area contributed by atoms with Gasteiger partial charge in [-0.1, -0.05) is 24.3 Å². The van der Waals surface area contributed by atoms with Gasteiger partial charge < -0.3 is 4.98 Å². The maximum atomic E-state index is 13.1. The molecule has 0 aliphatic carbocycles. The van der Waals surface area contributed by atoms with E-state index >= 15 is 0 Å². The fourth-order valence-electron chi connectivity index (χ4n) is 2.34. The van der Waals surface area contributed by atoms with Gasteiger partial charge in [-0.25, -0.2) is 9.37 Å². The molecule has 0 bridgehead atoms. The van der Waals surface area contributed by atoms with Gasteiger partial charge in [0.05, 0.1) is 17.6 Å². The second kappa shape index (κ2) is 5.43. The molecule has 3 nitrogen and oxygen atoms in total. The van der Waals surface area contributed by atoms with Gasteiger partial charge in [0.2, 0.25) is 0 Å². The number of benzene rings is 2. The molecule has 2 aromatic carbocycles. The number of para-hydroxylation sites is 2. The highest BCUT2D eigenvalue weighted by Crippen LogP contribution is 2.13. The van der Waals surface area contributed by atoms with Crippen molar-refractivity contribution >= 4 is 11.0 Å². The zero-order valence-electron chi connectivity index (χ0n) is 11.3. The summed E-state index contributed by atoms with van der Waals surface area (Å²) >= 11 is 0. The van der Waals surface area contributed by atoms with Crippen LogP contribution in [0.2, 0.25) is 0 Å². The summed E-state index contributed by atoms with van der Waals surface area (Å²) in [4.78, 5) is 9.94. The predicted molar refractivity (Wildman–Crippen MR) is 77.7 cm³/mol. The molecule has 0 unspecified atom stereocenters. The van der Waals surface area contributed by atoms with Crippen LogP contribution < -0.4 is 0 Å². The number of nitrogens with one attached hydrogen (secondary N) is 1. The molecule has 0 saturated heterocycles. The first-order valence-electron chi connectivity index (χ1n) is 6.57. The van der Waals surface area contributed by atoms with Gasteiger partial charge in [-0.2, -0.15) is 0 Å². The van der Waals surface area contributed by atoms with Crippen molar-refractivity contribution in [1.82, 2.24) is 14.9 Å². The second-order valence-electron chi connectivity index (χ2n) is 5.00. The molecule has 1 N–H and O–H groups in total. The minimum absolute atomic E-state index is 0.195. The third-order valence-corrected chi connectivity index (χ3v) is 3.20. The molecule has 0 fully saturated rings. The lowest BCUT2D eigenvalue weighted by Crippen LogP contribution is -2.18. The smallest absolute Gasteiger partial charge is 0.123 e. The van der Waals surface area contributed by atoms with Crippen LogP contribution in [0.3, 0.4) is 0 Å². The topological polar surface area (TPSA) is 31.9 Å². The number of nitrogens with zero attached hydrogens (tertiary/aromatic N) is 2. The Bertz CT molecular complexity index is 687. The van der Waals surface area contributed by atoms with E-state index in [1.807, 2.05) is 37.4 Å². The predicted octanol–water partition coefficient (Wildman–Crippen LogP) is 3.33. The summed E-state index contributed by atoms with van der Waals surface area (Å²) in [5, 5.41) is 0. The fraction of sp³-hybridized carbons (Fsp3) is 0.188. The van der Waals surface area contributed by atoms with Gasteiger partial charge in [-0.05, 0) is 36.9 Å². The summed E-state index contributed by atoms with van der Waals surface area (Å²) in [6, 6.07) is 14.7. The molecule has 1 heterocycles. The summed E-state index contributed by atoms with van der Waals surface area (Å²) in [6.45, 7) is 1.39. The zero-order chi connectivity index (χ0) is 13.9. The Kier molecular flexibility index (Phi) is 3.48. The summed E-state index contributed by atoms with van der Waals surface area (Å²) < 4.78 is 13.1. The van der Waals surface area contributed by atoms with Gasteiger partial charge in [0, 0.05) is 6.54 Å². The lowest BCUT2D eigenvalue weighted by Gasteiger charge is -2.15. The van der Waals surface area contributed by atoms with Crippen LogP contribution >= 0.6 is 0 Å². The van der Waals surface area contributed by atoms with E-state index in [1.54, 1.807) is 12.1 Å². The van der Waals surface area contributed by atoms with Crippen molar-refractivity contribution in [2.24, 2.45) is 0 Å². The third-order valence-electron chi connectivity index (χ3n) is 3.20. The molecule has 0 aliphatic heterocycles. The Balaban J connectivity index is 1.70. The molecule has 4 heteroatoms. The number of imidazole rings is 1. The van der Waals surface area contributed by atoms with E-state index < -0.39 is 0 Å². The largest absolute Gasteiger partial charge is 0.341 e. The average molecular weight is 269 g/mol. The van der Waals surface area contributed by atoms with E-state index in [-0.39, 0.29) is 5.82 Å². The molecule has 1 aromatic heterocycles. The van der Waals surface area contributed by atoms with Crippen molar-refractivity contribution in [2.75, 3.05) is 7.05 Å². The minimum Gasteiger partial charge on any atom is -0.341 e. The lowest BCUT2D eigenvalue weighted by atomic mass is 10.2. The molecule has 20 heavy (non-hydrogen) atoms. The van der Waals surface area contributed by atoms with Gasteiger partial charge in [0.1, 0.15) is 11.6 Å². The van der Waals surface area contributed by atoms with Crippen LogP contribution in [0.25, 0.3) is 11.0 Å². The van der Waals surface area contributed by atoms with Crippen molar-refractivity contribution in [3.63, 3.8) is 0 Å². The number of aromatic amines is 1. The summed E-state index contributed by atoms with van der Waals surface area (Å²) in [6.07, 6.45) is 0. The van der Waals surface area contributed by atoms with E-state index in [1.165, 1.54) is 6.07 Å². The number of halogens is 1. The molecule has 0 aliphatic rings. The summed E-state index contributed by atoms with van der Waals surface area (Å²) in [5.41, 5.74) is 2.98. The summed E-state index contributed by atoms with van der Waals surface area (Å²) in [5.74, 6) is 0.727. The average Bonchev–Trinajstić information content (AvgIpc) is 2.80. The van der Waals surface area contributed by atoms with E-state index in [0.29, 0.717) is 13.1 Å². The molecular formula is C16H16FN3. The molecule has 0 amide bonds. The van der Waals surface area contributed by atoms with Gasteiger partial charge in [0.15, 0.2) is 0 Å². The monoisotopic (exact) mass is 269 g/mol. The first-order valence-corrected chi connectivity index (χ1v) is 6.57. The molecule has 102 valence electrons. The zero-order valence-corrected chi connectivity index (χ0v) is 11.3. The first-order chi connectivity index (χ1) is 9.70. The Hall–Kier alpha value is -2.20. The van der Waals surface area contributed by atoms with Crippen molar-refractivity contribution in [3.8, 4) is 0 Å². The molecule has 3 aromatic rings. The van der Waals surface area contributed by atoms with Gasteiger partial charge >= 0.3 is 0 Å². The van der Waals surface area contributed by atoms with Gasteiger partial charge in [0.25, 0.3) is 0 Å². The van der Waals surface area contributed by atoms with Crippen LogP contribution in [-0.2, 0) is 13.1 Å². The molecule has 0 spiro atoms. The van der Waals surface area contributed by atoms with Crippen LogP contribution in [0.4, 0.5) is 4.39 Å². The van der Waals surface area contributed by atoms with Crippen LogP contribution in [0.15, 0.2) is 48.5 Å². The number of aromatic nitrogens is 2. The number of rotatable bonds is 4. The number of H-pyrrole nitrogens is 1. The molecule has 0 saturated carbocycles. The maximum Gasteiger partial charge on any atom is 0.123 e.